The highest BCUT2D eigenvalue weighted by Crippen LogP contribution is 2.34. The molecule has 1 unspecified atom stereocenters. The molecule has 0 spiro atoms. The number of nitrogens with zero attached hydrogens (tertiary/aromatic N) is 1. The summed E-state index contributed by atoms with van der Waals surface area (Å²) in [5.41, 5.74) is 0.815. The summed E-state index contributed by atoms with van der Waals surface area (Å²) < 4.78 is 5.52. The van der Waals surface area contributed by atoms with Crippen molar-refractivity contribution in [2.45, 2.75) is 13.0 Å². The van der Waals surface area contributed by atoms with Crippen molar-refractivity contribution in [2.75, 3.05) is 11.9 Å². The lowest BCUT2D eigenvalue weighted by molar-refractivity contribution is -0.125. The lowest BCUT2D eigenvalue weighted by Crippen LogP contribution is -2.42. The van der Waals surface area contributed by atoms with E-state index >= 15 is 0 Å². The number of fused-ring (bicyclic) bond motifs is 1. The maximum absolute atomic E-state index is 12.7. The van der Waals surface area contributed by atoms with Crippen LogP contribution in [0, 0.1) is 0 Å². The largest absolute Gasteiger partial charge is 0.479 e. The van der Waals surface area contributed by atoms with Gasteiger partial charge in [0, 0.05) is 18.2 Å². The molecule has 1 aliphatic heterocycles. The molecule has 0 aliphatic carbocycles. The van der Waals surface area contributed by atoms with E-state index in [9.17, 15) is 19.5 Å². The second kappa shape index (κ2) is 5.81. The second-order valence-corrected chi connectivity index (χ2v) is 5.52. The fraction of sp³-hybridized carbons (Fsp3) is 0.167. The summed E-state index contributed by atoms with van der Waals surface area (Å²) in [4.78, 5) is 37.5. The fourth-order valence-electron chi connectivity index (χ4n) is 2.68. The van der Waals surface area contributed by atoms with Crippen LogP contribution in [-0.2, 0) is 4.79 Å². The summed E-state index contributed by atoms with van der Waals surface area (Å²) in [7, 11) is 1.61. The van der Waals surface area contributed by atoms with Crippen molar-refractivity contribution >= 4 is 23.3 Å². The standard InChI is InChI=1S/C18H15NO5/c1-10-17(21)19(2)14-9-11(7-8-15(14)24-10)16(20)12-5-3-4-6-13(12)18(22)23/h3-10H,1-2H3,(H,22,23). The molecule has 3 rings (SSSR count). The average molecular weight is 325 g/mol. The lowest BCUT2D eigenvalue weighted by atomic mass is 9.97. The molecule has 2 aromatic rings. The van der Waals surface area contributed by atoms with Crippen LogP contribution in [0.15, 0.2) is 42.5 Å². The highest BCUT2D eigenvalue weighted by Gasteiger charge is 2.29. The van der Waals surface area contributed by atoms with Gasteiger partial charge in [0.15, 0.2) is 11.9 Å². The van der Waals surface area contributed by atoms with Crippen molar-refractivity contribution in [1.29, 1.82) is 0 Å². The second-order valence-electron chi connectivity index (χ2n) is 5.52. The van der Waals surface area contributed by atoms with Gasteiger partial charge in [-0.1, -0.05) is 18.2 Å². The van der Waals surface area contributed by atoms with Crippen molar-refractivity contribution in [1.82, 2.24) is 0 Å². The van der Waals surface area contributed by atoms with Gasteiger partial charge in [-0.05, 0) is 31.2 Å². The molecular weight excluding hydrogens is 310 g/mol. The van der Waals surface area contributed by atoms with Gasteiger partial charge >= 0.3 is 5.97 Å². The van der Waals surface area contributed by atoms with E-state index in [-0.39, 0.29) is 17.0 Å². The normalized spacial score (nSPS) is 16.3. The highest BCUT2D eigenvalue weighted by atomic mass is 16.5. The van der Waals surface area contributed by atoms with E-state index in [1.807, 2.05) is 0 Å². The summed E-state index contributed by atoms with van der Waals surface area (Å²) in [6, 6.07) is 10.8. The molecule has 0 radical (unpaired) electrons. The van der Waals surface area contributed by atoms with E-state index < -0.39 is 17.9 Å². The average Bonchev–Trinajstić information content (AvgIpc) is 2.59. The van der Waals surface area contributed by atoms with Gasteiger partial charge < -0.3 is 14.7 Å². The molecule has 1 aliphatic rings. The first kappa shape index (κ1) is 15.7. The minimum atomic E-state index is -1.17. The molecule has 0 aromatic heterocycles. The smallest absolute Gasteiger partial charge is 0.336 e. The first-order chi connectivity index (χ1) is 11.4. The van der Waals surface area contributed by atoms with Gasteiger partial charge in [-0.25, -0.2) is 4.79 Å². The van der Waals surface area contributed by atoms with Crippen LogP contribution in [0.4, 0.5) is 5.69 Å². The van der Waals surface area contributed by atoms with E-state index in [2.05, 4.69) is 0 Å². The Kier molecular flexibility index (Phi) is 3.81. The first-order valence-electron chi connectivity index (χ1n) is 7.35. The van der Waals surface area contributed by atoms with Gasteiger partial charge in [0.25, 0.3) is 5.91 Å². The molecule has 0 fully saturated rings. The number of benzene rings is 2. The first-order valence-corrected chi connectivity index (χ1v) is 7.35. The van der Waals surface area contributed by atoms with Crippen LogP contribution in [0.3, 0.4) is 0 Å². The Morgan fingerprint density at radius 3 is 2.46 bits per heavy atom. The highest BCUT2D eigenvalue weighted by molar-refractivity contribution is 6.15. The van der Waals surface area contributed by atoms with Crippen LogP contribution in [0.5, 0.6) is 5.75 Å². The number of anilines is 1. The maximum atomic E-state index is 12.7. The molecule has 0 saturated carbocycles. The molecular formula is C18H15NO5. The number of carboxylic acid groups (broad SMARTS) is 1. The van der Waals surface area contributed by atoms with Gasteiger partial charge in [-0.3, -0.25) is 9.59 Å². The van der Waals surface area contributed by atoms with Gasteiger partial charge in [0.05, 0.1) is 11.3 Å². The Morgan fingerprint density at radius 1 is 1.12 bits per heavy atom. The van der Waals surface area contributed by atoms with Crippen LogP contribution >= 0.6 is 0 Å². The minimum absolute atomic E-state index is 0.0606. The van der Waals surface area contributed by atoms with Crippen LogP contribution < -0.4 is 9.64 Å². The van der Waals surface area contributed by atoms with E-state index in [1.165, 1.54) is 17.0 Å². The van der Waals surface area contributed by atoms with E-state index in [1.54, 1.807) is 44.3 Å². The Labute approximate surface area is 138 Å². The molecule has 6 nitrogen and oxygen atoms in total. The molecule has 1 heterocycles. The zero-order valence-corrected chi connectivity index (χ0v) is 13.1. The SMILES string of the molecule is CC1Oc2ccc(C(=O)c3ccccc3C(=O)O)cc2N(C)C1=O. The fourth-order valence-corrected chi connectivity index (χ4v) is 2.68. The summed E-state index contributed by atoms with van der Waals surface area (Å²) in [5, 5.41) is 9.23. The zero-order chi connectivity index (χ0) is 17.4. The molecule has 1 amide bonds. The van der Waals surface area contributed by atoms with Crippen LogP contribution in [0.1, 0.15) is 33.2 Å². The van der Waals surface area contributed by atoms with Crippen molar-refractivity contribution in [3.63, 3.8) is 0 Å². The number of aromatic carboxylic acids is 1. The summed E-state index contributed by atoms with van der Waals surface area (Å²) in [6.07, 6.45) is -0.586. The number of ketones is 1. The number of carbonyl (C=O) groups is 3. The Balaban J connectivity index is 2.05. The van der Waals surface area contributed by atoms with E-state index in [4.69, 9.17) is 4.74 Å². The third-order valence-corrected chi connectivity index (χ3v) is 3.97. The van der Waals surface area contributed by atoms with Crippen LogP contribution in [0.2, 0.25) is 0 Å². The van der Waals surface area contributed by atoms with Crippen molar-refractivity contribution in [3.8, 4) is 5.75 Å². The molecule has 0 saturated heterocycles. The Bertz CT molecular complexity index is 858. The number of hydrogen-bond donors (Lipinski definition) is 1. The van der Waals surface area contributed by atoms with Gasteiger partial charge in [0.2, 0.25) is 0 Å². The summed E-state index contributed by atoms with van der Waals surface area (Å²) in [6.45, 7) is 1.66. The quantitative estimate of drug-likeness (QED) is 0.876. The minimum Gasteiger partial charge on any atom is -0.479 e. The molecule has 0 bridgehead atoms. The van der Waals surface area contributed by atoms with Crippen molar-refractivity contribution < 1.29 is 24.2 Å². The number of amides is 1. The molecule has 6 heteroatoms. The van der Waals surface area contributed by atoms with Crippen LogP contribution in [0.25, 0.3) is 0 Å². The molecule has 24 heavy (non-hydrogen) atoms. The number of carboxylic acids is 1. The number of rotatable bonds is 3. The number of ether oxygens (including phenoxy) is 1. The van der Waals surface area contributed by atoms with Gasteiger partial charge in [-0.2, -0.15) is 0 Å². The third-order valence-electron chi connectivity index (χ3n) is 3.97. The number of hydrogen-bond acceptors (Lipinski definition) is 4. The Hall–Kier alpha value is -3.15. The topological polar surface area (TPSA) is 83.9 Å². The summed E-state index contributed by atoms with van der Waals surface area (Å²) >= 11 is 0. The molecule has 1 atom stereocenters. The van der Waals surface area contributed by atoms with E-state index in [0.717, 1.165) is 0 Å². The predicted molar refractivity (Wildman–Crippen MR) is 86.8 cm³/mol. The molecule has 2 aromatic carbocycles. The lowest BCUT2D eigenvalue weighted by Gasteiger charge is -2.30. The maximum Gasteiger partial charge on any atom is 0.336 e. The Morgan fingerprint density at radius 2 is 1.79 bits per heavy atom. The van der Waals surface area contributed by atoms with Gasteiger partial charge in [-0.15, -0.1) is 0 Å². The number of likely N-dealkylation sites (N-methyl/N-ethyl adjacent to an activating group) is 1. The molecule has 1 N–H and O–H groups in total. The van der Waals surface area contributed by atoms with Crippen molar-refractivity contribution in [3.05, 3.63) is 59.2 Å². The van der Waals surface area contributed by atoms with Crippen LogP contribution in [-0.4, -0.2) is 35.9 Å². The monoisotopic (exact) mass is 325 g/mol. The predicted octanol–water partition coefficient (Wildman–Crippen LogP) is 2.36. The zero-order valence-electron chi connectivity index (χ0n) is 13.1. The van der Waals surface area contributed by atoms with Crippen molar-refractivity contribution in [2.24, 2.45) is 0 Å². The van der Waals surface area contributed by atoms with E-state index in [0.29, 0.717) is 17.0 Å². The number of carbonyl (C=O) groups excluding carboxylic acids is 2. The summed E-state index contributed by atoms with van der Waals surface area (Å²) in [5.74, 6) is -1.29. The third kappa shape index (κ3) is 2.52. The van der Waals surface area contributed by atoms with Gasteiger partial charge in [0.1, 0.15) is 5.75 Å². The molecule has 122 valence electrons.